The molecule has 27 heavy (non-hydrogen) atoms. The van der Waals surface area contributed by atoms with E-state index in [-0.39, 0.29) is 12.4 Å². The number of hydrogen-bond donors (Lipinski definition) is 2. The van der Waals surface area contributed by atoms with Gasteiger partial charge in [-0.2, -0.15) is 8.42 Å². The first-order valence-corrected chi connectivity index (χ1v) is 8.06. The van der Waals surface area contributed by atoms with Gasteiger partial charge in [-0.05, 0) is 12.1 Å². The van der Waals surface area contributed by atoms with Gasteiger partial charge in [-0.3, -0.25) is 24.3 Å². The molecule has 3 N–H and O–H groups in total. The van der Waals surface area contributed by atoms with Crippen molar-refractivity contribution in [2.45, 2.75) is 4.90 Å². The lowest BCUT2D eigenvalue weighted by Crippen LogP contribution is -2.25. The van der Waals surface area contributed by atoms with Crippen molar-refractivity contribution in [3.63, 3.8) is 0 Å². The number of carbonyl (C=O) groups excluding carboxylic acids is 2. The standard InChI is InChI=1S/C14H6F2N2O7S.ClH/c15-6-1-4-5(2-7(6)16)14(20)11-10(13(4)19)8(18(21)22)3-9(12(11)17)26(23,24)25;/h1-3H,17H2,(H,23,24,25);1H. The van der Waals surface area contributed by atoms with Gasteiger partial charge in [-0.1, -0.05) is 0 Å². The predicted molar refractivity (Wildman–Crippen MR) is 87.8 cm³/mol. The van der Waals surface area contributed by atoms with Crippen LogP contribution in [0.1, 0.15) is 31.8 Å². The van der Waals surface area contributed by atoms with E-state index in [9.17, 15) is 36.9 Å². The van der Waals surface area contributed by atoms with Crippen molar-refractivity contribution in [1.29, 1.82) is 0 Å². The second kappa shape index (κ2) is 6.33. The van der Waals surface area contributed by atoms with Gasteiger partial charge in [-0.25, -0.2) is 8.78 Å². The van der Waals surface area contributed by atoms with Crippen LogP contribution in [0.15, 0.2) is 23.1 Å². The Kier molecular flexibility index (Phi) is 4.77. The van der Waals surface area contributed by atoms with Crippen molar-refractivity contribution in [3.05, 3.63) is 62.2 Å². The summed E-state index contributed by atoms with van der Waals surface area (Å²) in [5.41, 5.74) is 0.460. The number of nitro benzene ring substituents is 1. The molecule has 0 heterocycles. The molecule has 2 aromatic carbocycles. The average molecular weight is 421 g/mol. The Labute approximate surface area is 155 Å². The number of halogens is 3. The van der Waals surface area contributed by atoms with Crippen molar-refractivity contribution < 1.29 is 36.3 Å². The first-order chi connectivity index (χ1) is 11.9. The first kappa shape index (κ1) is 20.4. The number of nitrogens with zero attached hydrogens (tertiary/aromatic N) is 1. The summed E-state index contributed by atoms with van der Waals surface area (Å²) in [4.78, 5) is 34.0. The summed E-state index contributed by atoms with van der Waals surface area (Å²) >= 11 is 0. The van der Waals surface area contributed by atoms with E-state index in [1.165, 1.54) is 0 Å². The van der Waals surface area contributed by atoms with Crippen LogP contribution in [0.4, 0.5) is 20.2 Å². The van der Waals surface area contributed by atoms with Gasteiger partial charge in [0.2, 0.25) is 5.78 Å². The van der Waals surface area contributed by atoms with E-state index in [2.05, 4.69) is 0 Å². The Balaban J connectivity index is 0.00000261. The van der Waals surface area contributed by atoms with E-state index in [1.807, 2.05) is 0 Å². The number of anilines is 1. The highest BCUT2D eigenvalue weighted by Crippen LogP contribution is 2.40. The minimum atomic E-state index is -5.08. The van der Waals surface area contributed by atoms with Crippen LogP contribution in [0.25, 0.3) is 0 Å². The van der Waals surface area contributed by atoms with E-state index in [4.69, 9.17) is 10.3 Å². The highest BCUT2D eigenvalue weighted by Gasteiger charge is 2.40. The molecule has 1 aliphatic rings. The summed E-state index contributed by atoms with van der Waals surface area (Å²) in [5, 5.41) is 11.2. The van der Waals surface area contributed by atoms with Gasteiger partial charge in [0.1, 0.15) is 10.5 Å². The molecule has 0 aliphatic heterocycles. The zero-order valence-electron chi connectivity index (χ0n) is 12.7. The highest BCUT2D eigenvalue weighted by atomic mass is 35.5. The molecule has 0 bridgehead atoms. The molecule has 3 rings (SSSR count). The molecule has 2 aromatic rings. The number of nitro groups is 1. The molecule has 0 spiro atoms. The van der Waals surface area contributed by atoms with Crippen molar-refractivity contribution in [2.24, 2.45) is 0 Å². The molecule has 0 radical (unpaired) electrons. The molecule has 1 aliphatic carbocycles. The van der Waals surface area contributed by atoms with Gasteiger partial charge in [0.25, 0.3) is 15.8 Å². The van der Waals surface area contributed by atoms with Crippen molar-refractivity contribution >= 4 is 45.5 Å². The molecule has 0 saturated carbocycles. The average Bonchev–Trinajstić information content (AvgIpc) is 2.52. The third-order valence-corrected chi connectivity index (χ3v) is 4.68. The van der Waals surface area contributed by atoms with E-state index in [0.717, 1.165) is 0 Å². The number of ketones is 2. The van der Waals surface area contributed by atoms with Gasteiger partial charge in [0, 0.05) is 17.2 Å². The minimum Gasteiger partial charge on any atom is -0.397 e. The Bertz CT molecular complexity index is 1160. The summed E-state index contributed by atoms with van der Waals surface area (Å²) in [6.07, 6.45) is 0. The van der Waals surface area contributed by atoms with Crippen molar-refractivity contribution in [2.75, 3.05) is 5.73 Å². The third kappa shape index (κ3) is 2.93. The Morgan fingerprint density at radius 1 is 1.00 bits per heavy atom. The molecule has 13 heteroatoms. The molecule has 0 saturated heterocycles. The minimum absolute atomic E-state index is 0. The lowest BCUT2D eigenvalue weighted by atomic mass is 9.82. The topological polar surface area (TPSA) is 158 Å². The predicted octanol–water partition coefficient (Wildman–Crippen LogP) is 1.90. The largest absolute Gasteiger partial charge is 0.397 e. The fourth-order valence-corrected chi connectivity index (χ4v) is 3.32. The summed E-state index contributed by atoms with van der Waals surface area (Å²) in [6.45, 7) is 0. The maximum atomic E-state index is 13.4. The summed E-state index contributed by atoms with van der Waals surface area (Å²) < 4.78 is 58.8. The number of nitrogens with two attached hydrogens (primary N) is 1. The SMILES string of the molecule is Cl.Nc1c(S(=O)(=O)O)cc([N+](=O)[O-])c2c1C(=O)c1cc(F)c(F)cc1C2=O. The molecule has 142 valence electrons. The smallest absolute Gasteiger partial charge is 0.296 e. The van der Waals surface area contributed by atoms with E-state index < -0.39 is 76.8 Å². The number of rotatable bonds is 2. The van der Waals surface area contributed by atoms with Crippen LogP contribution in [-0.4, -0.2) is 29.5 Å². The Hall–Kier alpha value is -2.96. The first-order valence-electron chi connectivity index (χ1n) is 6.62. The zero-order valence-corrected chi connectivity index (χ0v) is 14.4. The fraction of sp³-hybridized carbons (Fsp3) is 0. The van der Waals surface area contributed by atoms with Crippen LogP contribution in [0.5, 0.6) is 0 Å². The molecular weight excluding hydrogens is 414 g/mol. The molecular formula is C14H7ClF2N2O7S. The maximum Gasteiger partial charge on any atom is 0.296 e. The molecule has 0 fully saturated rings. The molecule has 0 atom stereocenters. The van der Waals surface area contributed by atoms with Gasteiger partial charge in [-0.15, -0.1) is 12.4 Å². The van der Waals surface area contributed by atoms with E-state index in [1.54, 1.807) is 0 Å². The molecule has 0 amide bonds. The van der Waals surface area contributed by atoms with Crippen LogP contribution in [-0.2, 0) is 10.1 Å². The van der Waals surface area contributed by atoms with E-state index >= 15 is 0 Å². The van der Waals surface area contributed by atoms with Crippen LogP contribution >= 0.6 is 12.4 Å². The van der Waals surface area contributed by atoms with Gasteiger partial charge in [0.05, 0.1) is 16.2 Å². The second-order valence-corrected chi connectivity index (χ2v) is 6.65. The monoisotopic (exact) mass is 420 g/mol. The zero-order chi connectivity index (χ0) is 19.5. The number of fused-ring (bicyclic) bond motifs is 2. The lowest BCUT2D eigenvalue weighted by Gasteiger charge is -2.20. The lowest BCUT2D eigenvalue weighted by molar-refractivity contribution is -0.385. The van der Waals surface area contributed by atoms with Crippen LogP contribution in [0, 0.1) is 21.7 Å². The summed E-state index contributed by atoms with van der Waals surface area (Å²) in [6, 6.07) is 1.13. The van der Waals surface area contributed by atoms with E-state index in [0.29, 0.717) is 18.2 Å². The highest BCUT2D eigenvalue weighted by molar-refractivity contribution is 7.86. The quantitative estimate of drug-likeness (QED) is 0.275. The second-order valence-electron chi connectivity index (χ2n) is 5.26. The van der Waals surface area contributed by atoms with Crippen LogP contribution in [0.3, 0.4) is 0 Å². The summed E-state index contributed by atoms with van der Waals surface area (Å²) in [7, 11) is -5.08. The van der Waals surface area contributed by atoms with Gasteiger partial charge in [0.15, 0.2) is 17.4 Å². The number of nitrogen functional groups attached to an aromatic ring is 1. The maximum absolute atomic E-state index is 13.4. The Morgan fingerprint density at radius 3 is 1.85 bits per heavy atom. The number of carbonyl (C=O) groups is 2. The van der Waals surface area contributed by atoms with Crippen molar-refractivity contribution in [3.8, 4) is 0 Å². The molecule has 9 nitrogen and oxygen atoms in total. The molecule has 0 unspecified atom stereocenters. The Morgan fingerprint density at radius 2 is 1.44 bits per heavy atom. The molecule has 0 aromatic heterocycles. The van der Waals surface area contributed by atoms with Gasteiger partial charge >= 0.3 is 0 Å². The third-order valence-electron chi connectivity index (χ3n) is 3.79. The number of hydrogen-bond acceptors (Lipinski definition) is 7. The van der Waals surface area contributed by atoms with Gasteiger partial charge < -0.3 is 5.73 Å². The fourth-order valence-electron chi connectivity index (χ4n) is 2.68. The summed E-state index contributed by atoms with van der Waals surface area (Å²) in [5.74, 6) is -5.36. The van der Waals surface area contributed by atoms with Crippen molar-refractivity contribution in [1.82, 2.24) is 0 Å². The van der Waals surface area contributed by atoms with Crippen LogP contribution in [0.2, 0.25) is 0 Å². The normalized spacial score (nSPS) is 12.9. The number of benzene rings is 2. The van der Waals surface area contributed by atoms with Crippen LogP contribution < -0.4 is 5.73 Å².